The fraction of sp³-hybridized carbons (Fsp3) is 0.625. The van der Waals surface area contributed by atoms with Gasteiger partial charge < -0.3 is 25.4 Å². The number of carbonyl (C=O) groups is 2. The van der Waals surface area contributed by atoms with Gasteiger partial charge in [0.05, 0.1) is 5.56 Å². The molecule has 1 aliphatic rings. The lowest BCUT2D eigenvalue weighted by atomic mass is 10.1. The van der Waals surface area contributed by atoms with Crippen LogP contribution in [-0.2, 0) is 6.42 Å². The molecule has 1 aromatic rings. The molecular weight excluding hydrogens is 298 g/mol. The monoisotopic (exact) mass is 323 g/mol. The minimum Gasteiger partial charge on any atom is -0.478 e. The second-order valence-electron chi connectivity index (χ2n) is 5.99. The van der Waals surface area contributed by atoms with E-state index < -0.39 is 11.9 Å². The molecular formula is C16H25N3O4. The molecule has 7 nitrogen and oxygen atoms in total. The van der Waals surface area contributed by atoms with E-state index in [1.807, 2.05) is 0 Å². The SMILES string of the molecule is Cc1c(C(=O)O)[nH]c(CCCNCCN2CCCC2)c1C(=O)O. The van der Waals surface area contributed by atoms with E-state index in [2.05, 4.69) is 15.2 Å². The zero-order valence-corrected chi connectivity index (χ0v) is 13.5. The van der Waals surface area contributed by atoms with E-state index in [1.165, 1.54) is 32.9 Å². The number of carboxylic acids is 2. The van der Waals surface area contributed by atoms with Gasteiger partial charge in [0, 0.05) is 18.8 Å². The van der Waals surface area contributed by atoms with Gasteiger partial charge in [-0.1, -0.05) is 0 Å². The molecule has 0 aromatic carbocycles. The number of aromatic carboxylic acids is 2. The predicted octanol–water partition coefficient (Wildman–Crippen LogP) is 1.34. The Hall–Kier alpha value is -1.86. The fourth-order valence-corrected chi connectivity index (χ4v) is 3.11. The Balaban J connectivity index is 1.79. The van der Waals surface area contributed by atoms with Gasteiger partial charge in [0.15, 0.2) is 0 Å². The Morgan fingerprint density at radius 1 is 1.17 bits per heavy atom. The van der Waals surface area contributed by atoms with Crippen molar-refractivity contribution in [2.75, 3.05) is 32.7 Å². The topological polar surface area (TPSA) is 106 Å². The van der Waals surface area contributed by atoms with E-state index in [0.29, 0.717) is 17.7 Å². The van der Waals surface area contributed by atoms with Gasteiger partial charge in [0.25, 0.3) is 0 Å². The first-order valence-electron chi connectivity index (χ1n) is 8.11. The summed E-state index contributed by atoms with van der Waals surface area (Å²) in [7, 11) is 0. The number of aryl methyl sites for hydroxylation is 1. The molecule has 1 saturated heterocycles. The minimum atomic E-state index is -1.13. The van der Waals surface area contributed by atoms with Gasteiger partial charge in [0.2, 0.25) is 0 Å². The summed E-state index contributed by atoms with van der Waals surface area (Å²) >= 11 is 0. The molecule has 0 aliphatic carbocycles. The van der Waals surface area contributed by atoms with Gasteiger partial charge in [-0.15, -0.1) is 0 Å². The standard InChI is InChI=1S/C16H25N3O4/c1-11-13(15(20)21)12(18-14(11)16(22)23)5-4-6-17-7-10-19-8-2-3-9-19/h17-18H,2-10H2,1H3,(H,20,21)(H,22,23). The van der Waals surface area contributed by atoms with Gasteiger partial charge >= 0.3 is 11.9 Å². The molecule has 0 amide bonds. The van der Waals surface area contributed by atoms with Gasteiger partial charge in [0.1, 0.15) is 5.69 Å². The molecule has 4 N–H and O–H groups in total. The quantitative estimate of drug-likeness (QED) is 0.511. The highest BCUT2D eigenvalue weighted by Crippen LogP contribution is 2.20. The van der Waals surface area contributed by atoms with Crippen LogP contribution >= 0.6 is 0 Å². The molecule has 0 saturated carbocycles. The molecule has 0 spiro atoms. The maximum Gasteiger partial charge on any atom is 0.352 e. The van der Waals surface area contributed by atoms with E-state index in [1.54, 1.807) is 0 Å². The Bertz CT molecular complexity index is 562. The van der Waals surface area contributed by atoms with Crippen LogP contribution in [0.2, 0.25) is 0 Å². The van der Waals surface area contributed by atoms with Crippen LogP contribution in [0, 0.1) is 6.92 Å². The lowest BCUT2D eigenvalue weighted by Gasteiger charge is -2.14. The van der Waals surface area contributed by atoms with E-state index in [0.717, 1.165) is 26.1 Å². The number of likely N-dealkylation sites (tertiary alicyclic amines) is 1. The van der Waals surface area contributed by atoms with Crippen molar-refractivity contribution < 1.29 is 19.8 Å². The minimum absolute atomic E-state index is 0.0283. The maximum absolute atomic E-state index is 11.3. The van der Waals surface area contributed by atoms with Crippen LogP contribution in [0.3, 0.4) is 0 Å². The van der Waals surface area contributed by atoms with Crippen molar-refractivity contribution in [1.29, 1.82) is 0 Å². The van der Waals surface area contributed by atoms with Crippen molar-refractivity contribution in [1.82, 2.24) is 15.2 Å². The zero-order chi connectivity index (χ0) is 16.8. The summed E-state index contributed by atoms with van der Waals surface area (Å²) in [6.45, 7) is 6.66. The van der Waals surface area contributed by atoms with Crippen molar-refractivity contribution >= 4 is 11.9 Å². The molecule has 2 heterocycles. The van der Waals surface area contributed by atoms with Gasteiger partial charge in [-0.2, -0.15) is 0 Å². The first-order chi connectivity index (χ1) is 11.0. The largest absolute Gasteiger partial charge is 0.478 e. The molecule has 23 heavy (non-hydrogen) atoms. The highest BCUT2D eigenvalue weighted by atomic mass is 16.4. The van der Waals surface area contributed by atoms with Crippen LogP contribution < -0.4 is 5.32 Å². The predicted molar refractivity (Wildman–Crippen MR) is 86.3 cm³/mol. The number of hydrogen-bond acceptors (Lipinski definition) is 4. The number of H-pyrrole nitrogens is 1. The van der Waals surface area contributed by atoms with Crippen molar-refractivity contribution in [3.63, 3.8) is 0 Å². The summed E-state index contributed by atoms with van der Waals surface area (Å²) in [4.78, 5) is 27.6. The molecule has 7 heteroatoms. The molecule has 128 valence electrons. The third kappa shape index (κ3) is 4.56. The lowest BCUT2D eigenvalue weighted by Crippen LogP contribution is -2.30. The summed E-state index contributed by atoms with van der Waals surface area (Å²) in [5.41, 5.74) is 0.856. The van der Waals surface area contributed by atoms with Crippen LogP contribution in [0.15, 0.2) is 0 Å². The van der Waals surface area contributed by atoms with Gasteiger partial charge in [-0.25, -0.2) is 9.59 Å². The Morgan fingerprint density at radius 2 is 1.87 bits per heavy atom. The number of carboxylic acid groups (broad SMARTS) is 2. The molecule has 0 unspecified atom stereocenters. The van der Waals surface area contributed by atoms with Crippen LogP contribution in [-0.4, -0.2) is 64.8 Å². The maximum atomic E-state index is 11.3. The summed E-state index contributed by atoms with van der Waals surface area (Å²) in [5, 5.41) is 21.7. The van der Waals surface area contributed by atoms with Gasteiger partial charge in [-0.3, -0.25) is 0 Å². The summed E-state index contributed by atoms with van der Waals surface area (Å²) in [5.74, 6) is -2.21. The van der Waals surface area contributed by atoms with Crippen molar-refractivity contribution in [3.05, 3.63) is 22.5 Å². The normalized spacial score (nSPS) is 15.2. The van der Waals surface area contributed by atoms with Crippen molar-refractivity contribution in [3.8, 4) is 0 Å². The average Bonchev–Trinajstić information content (AvgIpc) is 3.10. The van der Waals surface area contributed by atoms with Crippen LogP contribution in [0.1, 0.15) is 51.4 Å². The van der Waals surface area contributed by atoms with Crippen LogP contribution in [0.25, 0.3) is 0 Å². The first-order valence-corrected chi connectivity index (χ1v) is 8.11. The fourth-order valence-electron chi connectivity index (χ4n) is 3.11. The Kier molecular flexibility index (Phi) is 6.18. The molecule has 1 aliphatic heterocycles. The smallest absolute Gasteiger partial charge is 0.352 e. The van der Waals surface area contributed by atoms with Crippen molar-refractivity contribution in [2.45, 2.75) is 32.6 Å². The van der Waals surface area contributed by atoms with E-state index in [4.69, 9.17) is 5.11 Å². The molecule has 0 bridgehead atoms. The molecule has 0 atom stereocenters. The highest BCUT2D eigenvalue weighted by molar-refractivity contribution is 5.97. The average molecular weight is 323 g/mol. The number of nitrogens with zero attached hydrogens (tertiary/aromatic N) is 1. The molecule has 1 fully saturated rings. The second kappa shape index (κ2) is 8.12. The molecule has 2 rings (SSSR count). The molecule has 0 radical (unpaired) electrons. The third-order valence-electron chi connectivity index (χ3n) is 4.34. The van der Waals surface area contributed by atoms with E-state index >= 15 is 0 Å². The number of nitrogens with one attached hydrogen (secondary N) is 2. The number of hydrogen-bond donors (Lipinski definition) is 4. The van der Waals surface area contributed by atoms with Crippen LogP contribution in [0.5, 0.6) is 0 Å². The van der Waals surface area contributed by atoms with E-state index in [-0.39, 0.29) is 11.3 Å². The number of aromatic amines is 1. The number of aromatic nitrogens is 1. The van der Waals surface area contributed by atoms with Crippen molar-refractivity contribution in [2.24, 2.45) is 0 Å². The van der Waals surface area contributed by atoms with E-state index in [9.17, 15) is 14.7 Å². The second-order valence-corrected chi connectivity index (χ2v) is 5.99. The first kappa shape index (κ1) is 17.5. The molecule has 1 aromatic heterocycles. The summed E-state index contributed by atoms with van der Waals surface area (Å²) in [6.07, 6.45) is 3.86. The van der Waals surface area contributed by atoms with Crippen LogP contribution in [0.4, 0.5) is 0 Å². The lowest BCUT2D eigenvalue weighted by molar-refractivity contribution is 0.0687. The van der Waals surface area contributed by atoms with Gasteiger partial charge in [-0.05, 0) is 57.8 Å². The third-order valence-corrected chi connectivity index (χ3v) is 4.34. The summed E-state index contributed by atoms with van der Waals surface area (Å²) < 4.78 is 0. The number of rotatable bonds is 9. The zero-order valence-electron chi connectivity index (χ0n) is 13.5. The Morgan fingerprint density at radius 3 is 2.48 bits per heavy atom. The Labute approximate surface area is 135 Å². The highest BCUT2D eigenvalue weighted by Gasteiger charge is 2.22. The summed E-state index contributed by atoms with van der Waals surface area (Å²) in [6, 6.07) is 0.